The average molecular weight is 306 g/mol. The Labute approximate surface area is 127 Å². The highest BCUT2D eigenvalue weighted by Gasteiger charge is 2.51. The van der Waals surface area contributed by atoms with E-state index in [-0.39, 0.29) is 12.5 Å². The smallest absolute Gasteiger partial charge is 0.325 e. The number of furan rings is 1. The molecule has 2 N–H and O–H groups in total. The minimum absolute atomic E-state index is 0.228. The van der Waals surface area contributed by atoms with Gasteiger partial charge in [0.15, 0.2) is 5.54 Å². The predicted molar refractivity (Wildman–Crippen MR) is 75.8 cm³/mol. The van der Waals surface area contributed by atoms with Crippen molar-refractivity contribution in [2.45, 2.75) is 12.5 Å². The summed E-state index contributed by atoms with van der Waals surface area (Å²) in [5.74, 6) is -0.354. The number of amides is 4. The van der Waals surface area contributed by atoms with Crippen LogP contribution in [-0.4, -0.2) is 60.4 Å². The number of piperazine rings is 1. The molecule has 1 unspecified atom stereocenters. The lowest BCUT2D eigenvalue weighted by atomic mass is 9.99. The van der Waals surface area contributed by atoms with Crippen molar-refractivity contribution in [3.05, 3.63) is 24.2 Å². The van der Waals surface area contributed by atoms with Gasteiger partial charge in [-0.2, -0.15) is 0 Å². The van der Waals surface area contributed by atoms with Gasteiger partial charge in [0.05, 0.1) is 6.26 Å². The Morgan fingerprint density at radius 2 is 2.09 bits per heavy atom. The standard InChI is InChI=1S/C14H18N4O4/c1-14(10-3-2-8-22-10)12(20)18(13(21)16-14)9-11(19)17-6-4-15-5-7-17/h2-3,8,15H,4-7,9H2,1H3,(H,16,21). The van der Waals surface area contributed by atoms with E-state index in [0.717, 1.165) is 18.0 Å². The molecule has 8 nitrogen and oxygen atoms in total. The van der Waals surface area contributed by atoms with E-state index in [1.54, 1.807) is 24.0 Å². The van der Waals surface area contributed by atoms with E-state index in [1.165, 1.54) is 6.26 Å². The van der Waals surface area contributed by atoms with E-state index in [0.29, 0.717) is 18.8 Å². The number of nitrogens with zero attached hydrogens (tertiary/aromatic N) is 2. The zero-order valence-electron chi connectivity index (χ0n) is 12.3. The quantitative estimate of drug-likeness (QED) is 0.733. The molecule has 0 saturated carbocycles. The molecule has 4 amide bonds. The molecule has 1 atom stereocenters. The van der Waals surface area contributed by atoms with Crippen LogP contribution in [0.3, 0.4) is 0 Å². The summed E-state index contributed by atoms with van der Waals surface area (Å²) >= 11 is 0. The number of hydrogen-bond acceptors (Lipinski definition) is 5. The molecule has 2 fully saturated rings. The molecular weight excluding hydrogens is 288 g/mol. The molecule has 0 aromatic carbocycles. The average Bonchev–Trinajstić information content (AvgIpc) is 3.13. The lowest BCUT2D eigenvalue weighted by Crippen LogP contribution is -2.50. The third kappa shape index (κ3) is 2.35. The maximum Gasteiger partial charge on any atom is 0.325 e. The van der Waals surface area contributed by atoms with E-state index in [9.17, 15) is 14.4 Å². The SMILES string of the molecule is CC1(c2ccco2)NC(=O)N(CC(=O)N2CCNCC2)C1=O. The topological polar surface area (TPSA) is 94.9 Å². The van der Waals surface area contributed by atoms with Gasteiger partial charge in [-0.25, -0.2) is 4.79 Å². The number of carbonyl (C=O) groups is 3. The molecule has 0 spiro atoms. The Morgan fingerprint density at radius 1 is 1.36 bits per heavy atom. The molecule has 1 aromatic heterocycles. The Hall–Kier alpha value is -2.35. The van der Waals surface area contributed by atoms with Gasteiger partial charge < -0.3 is 20.0 Å². The monoisotopic (exact) mass is 306 g/mol. The van der Waals surface area contributed by atoms with Crippen LogP contribution >= 0.6 is 0 Å². The molecule has 3 heterocycles. The normalized spacial score (nSPS) is 25.5. The summed E-state index contributed by atoms with van der Waals surface area (Å²) in [5, 5.41) is 5.75. The highest BCUT2D eigenvalue weighted by atomic mass is 16.3. The van der Waals surface area contributed by atoms with Gasteiger partial charge in [-0.1, -0.05) is 0 Å². The molecular formula is C14H18N4O4. The lowest BCUT2D eigenvalue weighted by Gasteiger charge is -2.28. The van der Waals surface area contributed by atoms with Crippen molar-refractivity contribution < 1.29 is 18.8 Å². The molecule has 22 heavy (non-hydrogen) atoms. The number of nitrogens with one attached hydrogen (secondary N) is 2. The second-order valence-corrected chi connectivity index (χ2v) is 5.55. The van der Waals surface area contributed by atoms with E-state index < -0.39 is 17.5 Å². The summed E-state index contributed by atoms with van der Waals surface area (Å²) in [6, 6.07) is 2.70. The summed E-state index contributed by atoms with van der Waals surface area (Å²) < 4.78 is 5.24. The largest absolute Gasteiger partial charge is 0.466 e. The van der Waals surface area contributed by atoms with Crippen LogP contribution < -0.4 is 10.6 Å². The van der Waals surface area contributed by atoms with Crippen molar-refractivity contribution in [1.29, 1.82) is 0 Å². The summed E-state index contributed by atoms with van der Waals surface area (Å²) in [7, 11) is 0. The minimum Gasteiger partial charge on any atom is -0.466 e. The van der Waals surface area contributed by atoms with Crippen LogP contribution in [0, 0.1) is 0 Å². The summed E-state index contributed by atoms with van der Waals surface area (Å²) in [6.45, 7) is 3.92. The predicted octanol–water partition coefficient (Wildman–Crippen LogP) is -0.522. The van der Waals surface area contributed by atoms with Gasteiger partial charge in [0.2, 0.25) is 5.91 Å². The molecule has 118 valence electrons. The number of imide groups is 1. The number of urea groups is 1. The van der Waals surface area contributed by atoms with Gasteiger partial charge in [0.25, 0.3) is 5.91 Å². The van der Waals surface area contributed by atoms with Crippen molar-refractivity contribution in [2.24, 2.45) is 0 Å². The Balaban J connectivity index is 1.73. The first-order valence-corrected chi connectivity index (χ1v) is 7.19. The van der Waals surface area contributed by atoms with E-state index in [1.807, 2.05) is 0 Å². The maximum absolute atomic E-state index is 12.6. The van der Waals surface area contributed by atoms with E-state index in [4.69, 9.17) is 4.42 Å². The van der Waals surface area contributed by atoms with Gasteiger partial charge in [-0.05, 0) is 19.1 Å². The first-order valence-electron chi connectivity index (χ1n) is 7.19. The second-order valence-electron chi connectivity index (χ2n) is 5.55. The Morgan fingerprint density at radius 3 is 2.73 bits per heavy atom. The highest BCUT2D eigenvalue weighted by Crippen LogP contribution is 2.28. The number of hydrogen-bond donors (Lipinski definition) is 2. The molecule has 8 heteroatoms. The van der Waals surface area contributed by atoms with Crippen molar-refractivity contribution in [1.82, 2.24) is 20.4 Å². The first kappa shape index (κ1) is 14.6. The molecule has 0 aliphatic carbocycles. The van der Waals surface area contributed by atoms with Crippen LogP contribution in [0.25, 0.3) is 0 Å². The first-order chi connectivity index (χ1) is 10.5. The van der Waals surface area contributed by atoms with Gasteiger partial charge in [0, 0.05) is 26.2 Å². The molecule has 2 aliphatic heterocycles. The van der Waals surface area contributed by atoms with Crippen molar-refractivity contribution >= 4 is 17.8 Å². The lowest BCUT2D eigenvalue weighted by molar-refractivity contribution is -0.139. The van der Waals surface area contributed by atoms with Crippen molar-refractivity contribution in [2.75, 3.05) is 32.7 Å². The Bertz CT molecular complexity index is 594. The van der Waals surface area contributed by atoms with Gasteiger partial charge in [-0.3, -0.25) is 14.5 Å². The van der Waals surface area contributed by atoms with E-state index in [2.05, 4.69) is 10.6 Å². The molecule has 1 aromatic rings. The van der Waals surface area contributed by atoms with Gasteiger partial charge in [0.1, 0.15) is 12.3 Å². The van der Waals surface area contributed by atoms with Crippen LogP contribution in [0.1, 0.15) is 12.7 Å². The fourth-order valence-electron chi connectivity index (χ4n) is 2.72. The van der Waals surface area contributed by atoms with Crippen LogP contribution in [0.2, 0.25) is 0 Å². The fourth-order valence-corrected chi connectivity index (χ4v) is 2.72. The third-order valence-electron chi connectivity index (χ3n) is 4.05. The molecule has 2 aliphatic rings. The van der Waals surface area contributed by atoms with Gasteiger partial charge >= 0.3 is 6.03 Å². The maximum atomic E-state index is 12.6. The van der Waals surface area contributed by atoms with Crippen LogP contribution in [0.4, 0.5) is 4.79 Å². The zero-order chi connectivity index (χ0) is 15.7. The summed E-state index contributed by atoms with van der Waals surface area (Å²) in [4.78, 5) is 39.5. The van der Waals surface area contributed by atoms with Gasteiger partial charge in [-0.15, -0.1) is 0 Å². The van der Waals surface area contributed by atoms with Crippen LogP contribution in [0.5, 0.6) is 0 Å². The minimum atomic E-state index is -1.26. The van der Waals surface area contributed by atoms with Crippen LogP contribution in [-0.2, 0) is 15.1 Å². The molecule has 2 saturated heterocycles. The zero-order valence-corrected chi connectivity index (χ0v) is 12.3. The number of carbonyl (C=O) groups excluding carboxylic acids is 3. The second kappa shape index (κ2) is 5.45. The highest BCUT2D eigenvalue weighted by molar-refractivity contribution is 6.08. The number of rotatable bonds is 3. The molecule has 0 bridgehead atoms. The van der Waals surface area contributed by atoms with Crippen molar-refractivity contribution in [3.63, 3.8) is 0 Å². The van der Waals surface area contributed by atoms with Crippen LogP contribution in [0.15, 0.2) is 22.8 Å². The van der Waals surface area contributed by atoms with Crippen molar-refractivity contribution in [3.8, 4) is 0 Å². The Kier molecular flexibility index (Phi) is 3.61. The summed E-state index contributed by atoms with van der Waals surface area (Å²) in [6.07, 6.45) is 1.44. The molecule has 3 rings (SSSR count). The fraction of sp³-hybridized carbons (Fsp3) is 0.500. The third-order valence-corrected chi connectivity index (χ3v) is 4.05. The summed E-state index contributed by atoms with van der Waals surface area (Å²) in [5.41, 5.74) is -1.26. The van der Waals surface area contributed by atoms with E-state index >= 15 is 0 Å². The molecule has 0 radical (unpaired) electrons.